The van der Waals surface area contributed by atoms with E-state index in [1.807, 2.05) is 0 Å². The van der Waals surface area contributed by atoms with Gasteiger partial charge in [0.15, 0.2) is 0 Å². The molecule has 2 fully saturated rings. The minimum absolute atomic E-state index is 0.135. The average Bonchev–Trinajstić information content (AvgIpc) is 2.83. The first-order valence-corrected chi connectivity index (χ1v) is 14.3. The molecular weight excluding hydrogens is 452 g/mol. The van der Waals surface area contributed by atoms with Gasteiger partial charge in [-0.2, -0.15) is 13.2 Å². The quantitative estimate of drug-likeness (QED) is 0.218. The van der Waals surface area contributed by atoms with E-state index < -0.39 is 17.6 Å². The normalized spacial score (nSPS) is 25.6. The molecule has 2 aliphatic carbocycles. The van der Waals surface area contributed by atoms with Crippen molar-refractivity contribution in [1.82, 2.24) is 0 Å². The molecule has 0 heterocycles. The Balaban J connectivity index is 1.66. The molecule has 0 aromatic heterocycles. The monoisotopic (exact) mass is 498 g/mol. The molecule has 3 rings (SSSR count). The molecule has 200 valence electrons. The second-order valence-corrected chi connectivity index (χ2v) is 11.4. The molecule has 2 aliphatic rings. The third-order valence-corrected chi connectivity index (χ3v) is 8.61. The van der Waals surface area contributed by atoms with Crippen LogP contribution in [0.5, 0.6) is 5.75 Å². The van der Waals surface area contributed by atoms with Crippen molar-refractivity contribution >= 4 is 0 Å². The number of rotatable bonds is 11. The molecule has 0 saturated heterocycles. The zero-order chi connectivity index (χ0) is 25.4. The molecule has 1 nitrogen and oxygen atoms in total. The molecule has 0 spiro atoms. The van der Waals surface area contributed by atoms with E-state index in [0.717, 1.165) is 63.7 Å². The number of halogens is 4. The van der Waals surface area contributed by atoms with Crippen molar-refractivity contribution in [2.75, 3.05) is 6.61 Å². The van der Waals surface area contributed by atoms with Gasteiger partial charge in [0.05, 0.1) is 6.61 Å². The van der Waals surface area contributed by atoms with Crippen LogP contribution in [0.2, 0.25) is 0 Å². The SMILES string of the molecule is CCCCCC1CCC(COc2c(C)cc(C3CCC(CCCC)CC3)c(F)c2C(F)(F)F)CC1. The molecule has 0 amide bonds. The summed E-state index contributed by atoms with van der Waals surface area (Å²) in [5.74, 6) is 0.0831. The number of hydrogen-bond donors (Lipinski definition) is 0. The van der Waals surface area contributed by atoms with E-state index in [2.05, 4.69) is 13.8 Å². The van der Waals surface area contributed by atoms with Gasteiger partial charge >= 0.3 is 6.18 Å². The van der Waals surface area contributed by atoms with E-state index in [9.17, 15) is 13.2 Å². The Bertz CT molecular complexity index is 772. The number of alkyl halides is 3. The summed E-state index contributed by atoms with van der Waals surface area (Å²) in [6, 6.07) is 1.64. The summed E-state index contributed by atoms with van der Waals surface area (Å²) >= 11 is 0. The van der Waals surface area contributed by atoms with Gasteiger partial charge in [0.2, 0.25) is 0 Å². The first-order chi connectivity index (χ1) is 16.7. The number of benzene rings is 1. The molecule has 0 bridgehead atoms. The van der Waals surface area contributed by atoms with E-state index in [-0.39, 0.29) is 29.8 Å². The maximum Gasteiger partial charge on any atom is 0.422 e. The Morgan fingerprint density at radius 1 is 0.800 bits per heavy atom. The lowest BCUT2D eigenvalue weighted by Crippen LogP contribution is -2.23. The summed E-state index contributed by atoms with van der Waals surface area (Å²) in [7, 11) is 0. The maximum atomic E-state index is 15.5. The van der Waals surface area contributed by atoms with Gasteiger partial charge in [0, 0.05) is 0 Å². The molecule has 2 saturated carbocycles. The standard InChI is InChI=1S/C30H46F4O/c1-4-6-8-10-23-11-13-24(14-12-23)20-35-29-21(3)19-26(28(31)27(29)30(32,33)34)25-17-15-22(16-18-25)9-7-5-2/h19,22-25H,4-18,20H2,1-3H3. The Kier molecular flexibility index (Phi) is 10.8. The Morgan fingerprint density at radius 3 is 1.91 bits per heavy atom. The topological polar surface area (TPSA) is 9.23 Å². The molecule has 0 radical (unpaired) electrons. The Morgan fingerprint density at radius 2 is 1.34 bits per heavy atom. The molecule has 35 heavy (non-hydrogen) atoms. The highest BCUT2D eigenvalue weighted by atomic mass is 19.4. The van der Waals surface area contributed by atoms with Gasteiger partial charge in [-0.05, 0) is 86.3 Å². The minimum Gasteiger partial charge on any atom is -0.492 e. The third-order valence-electron chi connectivity index (χ3n) is 8.61. The van der Waals surface area contributed by atoms with Gasteiger partial charge in [-0.15, -0.1) is 0 Å². The molecule has 1 aromatic rings. The molecule has 0 unspecified atom stereocenters. The lowest BCUT2D eigenvalue weighted by Gasteiger charge is -2.31. The van der Waals surface area contributed by atoms with Gasteiger partial charge in [-0.3, -0.25) is 0 Å². The fourth-order valence-corrected chi connectivity index (χ4v) is 6.37. The van der Waals surface area contributed by atoms with Crippen molar-refractivity contribution in [3.63, 3.8) is 0 Å². The smallest absolute Gasteiger partial charge is 0.422 e. The van der Waals surface area contributed by atoms with Crippen molar-refractivity contribution < 1.29 is 22.3 Å². The van der Waals surface area contributed by atoms with E-state index in [4.69, 9.17) is 4.74 Å². The van der Waals surface area contributed by atoms with Crippen LogP contribution in [-0.4, -0.2) is 6.61 Å². The van der Waals surface area contributed by atoms with Crippen molar-refractivity contribution in [2.45, 2.75) is 129 Å². The lowest BCUT2D eigenvalue weighted by molar-refractivity contribution is -0.141. The van der Waals surface area contributed by atoms with Gasteiger partial charge < -0.3 is 4.74 Å². The van der Waals surface area contributed by atoms with Gasteiger partial charge in [0.25, 0.3) is 0 Å². The van der Waals surface area contributed by atoms with Crippen LogP contribution in [0.15, 0.2) is 6.07 Å². The summed E-state index contributed by atoms with van der Waals surface area (Å²) in [5.41, 5.74) is -0.535. The molecular formula is C30H46F4O. The highest BCUT2D eigenvalue weighted by Gasteiger charge is 2.41. The highest BCUT2D eigenvalue weighted by Crippen LogP contribution is 2.46. The van der Waals surface area contributed by atoms with Crippen LogP contribution in [-0.2, 0) is 6.18 Å². The predicted octanol–water partition coefficient (Wildman–Crippen LogP) is 10.4. The van der Waals surface area contributed by atoms with E-state index in [0.29, 0.717) is 11.5 Å². The first kappa shape index (κ1) is 28.3. The van der Waals surface area contributed by atoms with E-state index in [1.54, 1.807) is 13.0 Å². The summed E-state index contributed by atoms with van der Waals surface area (Å²) in [6.45, 7) is 6.27. The van der Waals surface area contributed by atoms with Gasteiger partial charge in [-0.1, -0.05) is 71.6 Å². The largest absolute Gasteiger partial charge is 0.492 e. The Labute approximate surface area is 210 Å². The Hall–Kier alpha value is -1.26. The first-order valence-electron chi connectivity index (χ1n) is 14.3. The zero-order valence-corrected chi connectivity index (χ0v) is 22.1. The van der Waals surface area contributed by atoms with Gasteiger partial charge in [0.1, 0.15) is 17.1 Å². The predicted molar refractivity (Wildman–Crippen MR) is 135 cm³/mol. The maximum absolute atomic E-state index is 15.5. The van der Waals surface area contributed by atoms with Crippen LogP contribution in [0.1, 0.15) is 133 Å². The van der Waals surface area contributed by atoms with Crippen LogP contribution in [0, 0.1) is 30.5 Å². The number of unbranched alkanes of at least 4 members (excludes halogenated alkanes) is 3. The molecule has 0 N–H and O–H groups in total. The van der Waals surface area contributed by atoms with Crippen molar-refractivity contribution in [2.24, 2.45) is 17.8 Å². The number of hydrogen-bond acceptors (Lipinski definition) is 1. The number of ether oxygens (including phenoxy) is 1. The van der Waals surface area contributed by atoms with Gasteiger partial charge in [-0.25, -0.2) is 4.39 Å². The van der Waals surface area contributed by atoms with Crippen LogP contribution in [0.25, 0.3) is 0 Å². The summed E-state index contributed by atoms with van der Waals surface area (Å²) in [6.07, 6.45) is 11.5. The van der Waals surface area contributed by atoms with Crippen LogP contribution in [0.4, 0.5) is 17.6 Å². The second-order valence-electron chi connectivity index (χ2n) is 11.4. The van der Waals surface area contributed by atoms with Crippen LogP contribution >= 0.6 is 0 Å². The fraction of sp³-hybridized carbons (Fsp3) is 0.800. The van der Waals surface area contributed by atoms with Crippen LogP contribution < -0.4 is 4.74 Å². The molecule has 5 heteroatoms. The zero-order valence-electron chi connectivity index (χ0n) is 22.1. The minimum atomic E-state index is -4.77. The second kappa shape index (κ2) is 13.3. The third kappa shape index (κ3) is 7.86. The van der Waals surface area contributed by atoms with Crippen molar-refractivity contribution in [1.29, 1.82) is 0 Å². The molecule has 1 aromatic carbocycles. The molecule has 0 aliphatic heterocycles. The van der Waals surface area contributed by atoms with E-state index in [1.165, 1.54) is 38.5 Å². The van der Waals surface area contributed by atoms with Crippen molar-refractivity contribution in [3.05, 3.63) is 28.6 Å². The summed E-state index contributed by atoms with van der Waals surface area (Å²) < 4.78 is 63.5. The number of aryl methyl sites for hydroxylation is 1. The van der Waals surface area contributed by atoms with E-state index >= 15 is 4.39 Å². The highest BCUT2D eigenvalue weighted by molar-refractivity contribution is 5.48. The van der Waals surface area contributed by atoms with Crippen molar-refractivity contribution in [3.8, 4) is 5.75 Å². The molecule has 0 atom stereocenters. The average molecular weight is 499 g/mol. The lowest BCUT2D eigenvalue weighted by atomic mass is 9.76. The fourth-order valence-electron chi connectivity index (χ4n) is 6.37. The summed E-state index contributed by atoms with van der Waals surface area (Å²) in [5, 5.41) is 0. The summed E-state index contributed by atoms with van der Waals surface area (Å²) in [4.78, 5) is 0. The van der Waals surface area contributed by atoms with Crippen LogP contribution in [0.3, 0.4) is 0 Å².